The number of nitrogens with one attached hydrogen (secondary N) is 3. The first-order chi connectivity index (χ1) is 13.6. The highest BCUT2D eigenvalue weighted by atomic mass is 127. The van der Waals surface area contributed by atoms with E-state index in [1.54, 1.807) is 0 Å². The predicted octanol–water partition coefficient (Wildman–Crippen LogP) is 3.83. The van der Waals surface area contributed by atoms with E-state index in [0.29, 0.717) is 12.6 Å². The lowest BCUT2D eigenvalue weighted by atomic mass is 10.1. The van der Waals surface area contributed by atoms with Crippen LogP contribution in [0.2, 0.25) is 0 Å². The molecule has 0 bridgehead atoms. The van der Waals surface area contributed by atoms with Gasteiger partial charge in [-0.05, 0) is 57.0 Å². The maximum absolute atomic E-state index is 12.1. The first kappa shape index (κ1) is 25.7. The number of likely N-dealkylation sites (tertiary alicyclic amines) is 1. The number of hydrogen-bond acceptors (Lipinski definition) is 3. The second-order valence-corrected chi connectivity index (χ2v) is 7.50. The van der Waals surface area contributed by atoms with Gasteiger partial charge in [-0.1, -0.05) is 32.9 Å². The third-order valence-electron chi connectivity index (χ3n) is 5.43. The van der Waals surface area contributed by atoms with Gasteiger partial charge in [0.2, 0.25) is 5.91 Å². The van der Waals surface area contributed by atoms with E-state index in [9.17, 15) is 4.79 Å². The number of aliphatic imine (C=N–C) groups is 1. The van der Waals surface area contributed by atoms with E-state index in [4.69, 9.17) is 4.99 Å². The molecule has 164 valence electrons. The number of anilines is 1. The summed E-state index contributed by atoms with van der Waals surface area (Å²) in [7, 11) is 0. The SMILES string of the molecule is CCNC(=NCc1cccc(NC(=O)C(C)CC)c1)NCC1CCCN1CC.I. The number of guanidine groups is 1. The molecule has 29 heavy (non-hydrogen) atoms. The number of halogens is 1. The second kappa shape index (κ2) is 13.8. The number of rotatable bonds is 9. The van der Waals surface area contributed by atoms with Crippen LogP contribution in [0.1, 0.15) is 52.5 Å². The van der Waals surface area contributed by atoms with E-state index in [2.05, 4.69) is 34.7 Å². The van der Waals surface area contributed by atoms with Crippen molar-refractivity contribution < 1.29 is 4.79 Å². The predicted molar refractivity (Wildman–Crippen MR) is 133 cm³/mol. The van der Waals surface area contributed by atoms with Crippen LogP contribution in [0.5, 0.6) is 0 Å². The summed E-state index contributed by atoms with van der Waals surface area (Å²) in [5, 5.41) is 9.82. The number of nitrogens with zero attached hydrogens (tertiary/aromatic N) is 2. The molecule has 2 unspecified atom stereocenters. The van der Waals surface area contributed by atoms with Crippen LogP contribution < -0.4 is 16.0 Å². The summed E-state index contributed by atoms with van der Waals surface area (Å²) in [4.78, 5) is 19.4. The molecule has 2 atom stereocenters. The Balaban J connectivity index is 0.00000420. The highest BCUT2D eigenvalue weighted by molar-refractivity contribution is 14.0. The van der Waals surface area contributed by atoms with Crippen molar-refractivity contribution in [3.05, 3.63) is 29.8 Å². The molecule has 3 N–H and O–H groups in total. The zero-order valence-corrected chi connectivity index (χ0v) is 20.7. The van der Waals surface area contributed by atoms with E-state index in [-0.39, 0.29) is 35.8 Å². The van der Waals surface area contributed by atoms with Crippen LogP contribution in [-0.2, 0) is 11.3 Å². The van der Waals surface area contributed by atoms with E-state index in [0.717, 1.165) is 43.3 Å². The summed E-state index contributed by atoms with van der Waals surface area (Å²) in [5.74, 6) is 0.930. The van der Waals surface area contributed by atoms with Gasteiger partial charge in [-0.25, -0.2) is 4.99 Å². The molecule has 0 radical (unpaired) electrons. The number of carbonyl (C=O) groups excluding carboxylic acids is 1. The average Bonchev–Trinajstić information content (AvgIpc) is 3.17. The minimum Gasteiger partial charge on any atom is -0.357 e. The van der Waals surface area contributed by atoms with Crippen LogP contribution >= 0.6 is 24.0 Å². The van der Waals surface area contributed by atoms with Crippen molar-refractivity contribution in [2.45, 2.75) is 59.5 Å². The molecule has 1 aliphatic heterocycles. The van der Waals surface area contributed by atoms with Gasteiger partial charge in [-0.15, -0.1) is 24.0 Å². The van der Waals surface area contributed by atoms with Gasteiger partial charge in [0.1, 0.15) is 0 Å². The molecule has 0 saturated carbocycles. The minimum atomic E-state index is 0. The second-order valence-electron chi connectivity index (χ2n) is 7.50. The first-order valence-corrected chi connectivity index (χ1v) is 10.7. The summed E-state index contributed by atoms with van der Waals surface area (Å²) < 4.78 is 0. The van der Waals surface area contributed by atoms with Gasteiger partial charge in [-0.3, -0.25) is 9.69 Å². The third-order valence-corrected chi connectivity index (χ3v) is 5.43. The Bertz CT molecular complexity index is 652. The first-order valence-electron chi connectivity index (χ1n) is 10.7. The van der Waals surface area contributed by atoms with Gasteiger partial charge >= 0.3 is 0 Å². The van der Waals surface area contributed by atoms with Crippen molar-refractivity contribution in [2.24, 2.45) is 10.9 Å². The van der Waals surface area contributed by atoms with E-state index in [1.807, 2.05) is 38.1 Å². The molecule has 1 aromatic rings. The van der Waals surface area contributed by atoms with E-state index in [1.165, 1.54) is 19.4 Å². The maximum Gasteiger partial charge on any atom is 0.227 e. The highest BCUT2D eigenvalue weighted by Crippen LogP contribution is 2.16. The molecule has 1 amide bonds. The Morgan fingerprint density at radius 2 is 2.07 bits per heavy atom. The molecular formula is C22H38IN5O. The molecule has 0 aliphatic carbocycles. The molecular weight excluding hydrogens is 477 g/mol. The lowest BCUT2D eigenvalue weighted by Gasteiger charge is -2.24. The number of likely N-dealkylation sites (N-methyl/N-ethyl adjacent to an activating group) is 1. The lowest BCUT2D eigenvalue weighted by molar-refractivity contribution is -0.119. The summed E-state index contributed by atoms with van der Waals surface area (Å²) in [6.45, 7) is 12.9. The molecule has 1 heterocycles. The lowest BCUT2D eigenvalue weighted by Crippen LogP contribution is -2.44. The van der Waals surface area contributed by atoms with Crippen molar-refractivity contribution >= 4 is 41.5 Å². The van der Waals surface area contributed by atoms with Crippen LogP contribution in [0.4, 0.5) is 5.69 Å². The van der Waals surface area contributed by atoms with Gasteiger partial charge in [0.25, 0.3) is 0 Å². The number of amides is 1. The molecule has 1 fully saturated rings. The maximum atomic E-state index is 12.1. The quantitative estimate of drug-likeness (QED) is 0.266. The monoisotopic (exact) mass is 515 g/mol. The van der Waals surface area contributed by atoms with Crippen molar-refractivity contribution in [2.75, 3.05) is 31.5 Å². The summed E-state index contributed by atoms with van der Waals surface area (Å²) in [6, 6.07) is 8.53. The van der Waals surface area contributed by atoms with Gasteiger partial charge in [-0.2, -0.15) is 0 Å². The molecule has 1 aliphatic rings. The van der Waals surface area contributed by atoms with Crippen LogP contribution in [0.3, 0.4) is 0 Å². The van der Waals surface area contributed by atoms with E-state index < -0.39 is 0 Å². The van der Waals surface area contributed by atoms with Gasteiger partial charge in [0.15, 0.2) is 5.96 Å². The van der Waals surface area contributed by atoms with Gasteiger partial charge in [0, 0.05) is 30.7 Å². The minimum absolute atomic E-state index is 0. The Kier molecular flexibility index (Phi) is 12.2. The summed E-state index contributed by atoms with van der Waals surface area (Å²) in [5.41, 5.74) is 1.91. The normalized spacial score (nSPS) is 18.1. The van der Waals surface area contributed by atoms with Crippen LogP contribution in [-0.4, -0.2) is 49.0 Å². The zero-order chi connectivity index (χ0) is 20.4. The standard InChI is InChI=1S/C22H37N5O.HI/c1-5-17(4)21(28)26-19-11-8-10-18(14-19)15-24-22(23-6-2)25-16-20-12-9-13-27(20)7-3;/h8,10-11,14,17,20H,5-7,9,12-13,15-16H2,1-4H3,(H,26,28)(H2,23,24,25);1H. The van der Waals surface area contributed by atoms with Crippen LogP contribution in [0.15, 0.2) is 29.3 Å². The van der Waals surface area contributed by atoms with Crippen LogP contribution in [0.25, 0.3) is 0 Å². The molecule has 0 spiro atoms. The number of benzene rings is 1. The molecule has 1 aromatic carbocycles. The van der Waals surface area contributed by atoms with Crippen LogP contribution in [0, 0.1) is 5.92 Å². The molecule has 2 rings (SSSR count). The fourth-order valence-corrected chi connectivity index (χ4v) is 3.47. The van der Waals surface area contributed by atoms with Crippen molar-refractivity contribution in [1.29, 1.82) is 0 Å². The average molecular weight is 515 g/mol. The molecule has 0 aromatic heterocycles. The molecule has 1 saturated heterocycles. The summed E-state index contributed by atoms with van der Waals surface area (Å²) in [6.07, 6.45) is 3.37. The van der Waals surface area contributed by atoms with Crippen molar-refractivity contribution in [3.8, 4) is 0 Å². The van der Waals surface area contributed by atoms with E-state index >= 15 is 0 Å². The largest absolute Gasteiger partial charge is 0.357 e. The number of hydrogen-bond donors (Lipinski definition) is 3. The van der Waals surface area contributed by atoms with Gasteiger partial charge < -0.3 is 16.0 Å². The zero-order valence-electron chi connectivity index (χ0n) is 18.3. The highest BCUT2D eigenvalue weighted by Gasteiger charge is 2.22. The Hall–Kier alpha value is -1.35. The summed E-state index contributed by atoms with van der Waals surface area (Å²) >= 11 is 0. The fraction of sp³-hybridized carbons (Fsp3) is 0.636. The topological polar surface area (TPSA) is 68.8 Å². The molecule has 7 heteroatoms. The fourth-order valence-electron chi connectivity index (χ4n) is 3.47. The smallest absolute Gasteiger partial charge is 0.227 e. The number of carbonyl (C=O) groups is 1. The Morgan fingerprint density at radius 1 is 1.28 bits per heavy atom. The van der Waals surface area contributed by atoms with Crippen molar-refractivity contribution in [3.63, 3.8) is 0 Å². The molecule has 6 nitrogen and oxygen atoms in total. The Morgan fingerprint density at radius 3 is 2.76 bits per heavy atom. The van der Waals surface area contributed by atoms with Gasteiger partial charge in [0.05, 0.1) is 6.54 Å². The van der Waals surface area contributed by atoms with Crippen molar-refractivity contribution in [1.82, 2.24) is 15.5 Å². The Labute approximate surface area is 193 Å². The third kappa shape index (κ3) is 8.50.